The lowest BCUT2D eigenvalue weighted by molar-refractivity contribution is -0.131. The fraction of sp³-hybridized carbons (Fsp3) is 0.308. The number of likely N-dealkylation sites (tertiary alicyclic amines) is 1. The minimum absolute atomic E-state index is 0.245. The summed E-state index contributed by atoms with van der Waals surface area (Å²) in [6.07, 6.45) is 4.47. The zero-order valence-corrected chi connectivity index (χ0v) is 19.2. The number of carbonyl (C=O) groups is 1. The second-order valence-corrected chi connectivity index (χ2v) is 9.54. The van der Waals surface area contributed by atoms with E-state index in [1.807, 2.05) is 29.2 Å². The van der Waals surface area contributed by atoms with Crippen LogP contribution in [-0.4, -0.2) is 43.4 Å². The molecule has 4 aromatic rings. The maximum atomic E-state index is 13.3. The molecule has 0 radical (unpaired) electrons. The van der Waals surface area contributed by atoms with Crippen LogP contribution < -0.4 is 0 Å². The van der Waals surface area contributed by atoms with Crippen molar-refractivity contribution < 1.29 is 9.18 Å². The Morgan fingerprint density at radius 3 is 2.35 bits per heavy atom. The number of aromatic nitrogens is 4. The molecule has 1 saturated carbocycles. The van der Waals surface area contributed by atoms with Crippen LogP contribution in [0.3, 0.4) is 0 Å². The molecule has 1 aliphatic carbocycles. The monoisotopic (exact) mass is 475 g/mol. The van der Waals surface area contributed by atoms with Crippen LogP contribution in [0.15, 0.2) is 54.9 Å². The molecular weight excluding hydrogens is 453 g/mol. The zero-order chi connectivity index (χ0) is 23.2. The van der Waals surface area contributed by atoms with Crippen LogP contribution in [-0.2, 0) is 11.3 Å². The first-order valence-electron chi connectivity index (χ1n) is 11.6. The van der Waals surface area contributed by atoms with Gasteiger partial charge in [0, 0.05) is 31.1 Å². The first-order chi connectivity index (χ1) is 16.6. The van der Waals surface area contributed by atoms with Crippen LogP contribution in [0, 0.1) is 17.7 Å². The summed E-state index contributed by atoms with van der Waals surface area (Å²) in [5, 5.41) is 0.324. The number of benzene rings is 2. The topological polar surface area (TPSA) is 63.9 Å². The predicted molar refractivity (Wildman–Crippen MR) is 129 cm³/mol. The minimum atomic E-state index is -0.253. The largest absolute Gasteiger partial charge is 0.342 e. The van der Waals surface area contributed by atoms with Crippen LogP contribution >= 0.6 is 11.6 Å². The number of rotatable bonds is 5. The molecule has 0 N–H and O–H groups in total. The highest BCUT2D eigenvalue weighted by Crippen LogP contribution is 2.34. The summed E-state index contributed by atoms with van der Waals surface area (Å²) >= 11 is 6.36. The maximum absolute atomic E-state index is 13.3. The fourth-order valence-electron chi connectivity index (χ4n) is 4.78. The first-order valence-corrected chi connectivity index (χ1v) is 12.0. The van der Waals surface area contributed by atoms with Gasteiger partial charge in [-0.25, -0.2) is 19.3 Å². The second-order valence-electron chi connectivity index (χ2n) is 9.18. The fourth-order valence-corrected chi connectivity index (χ4v) is 4.96. The van der Waals surface area contributed by atoms with Crippen LogP contribution in [0.25, 0.3) is 33.7 Å². The van der Waals surface area contributed by atoms with Gasteiger partial charge >= 0.3 is 0 Å². The maximum Gasteiger partial charge on any atom is 0.225 e. The Labute approximate surface area is 201 Å². The van der Waals surface area contributed by atoms with Gasteiger partial charge in [0.25, 0.3) is 0 Å². The number of amides is 1. The van der Waals surface area contributed by atoms with Gasteiger partial charge in [0.05, 0.1) is 0 Å². The lowest BCUT2D eigenvalue weighted by Gasteiger charge is -2.17. The van der Waals surface area contributed by atoms with E-state index in [2.05, 4.69) is 14.5 Å². The molecule has 6 rings (SSSR count). The molecule has 1 saturated heterocycles. The number of carbonyl (C=O) groups excluding carboxylic acids is 1. The number of fused-ring (bicyclic) bond motifs is 1. The Hall–Kier alpha value is -3.32. The number of imidazole rings is 1. The molecule has 2 aromatic carbocycles. The van der Waals surface area contributed by atoms with Crippen molar-refractivity contribution in [1.29, 1.82) is 0 Å². The summed E-state index contributed by atoms with van der Waals surface area (Å²) in [5.74, 6) is 1.40. The van der Waals surface area contributed by atoms with Crippen LogP contribution in [0.2, 0.25) is 5.15 Å². The van der Waals surface area contributed by atoms with Gasteiger partial charge in [0.1, 0.15) is 23.5 Å². The van der Waals surface area contributed by atoms with E-state index in [0.29, 0.717) is 34.7 Å². The molecule has 2 fully saturated rings. The average molecular weight is 476 g/mol. The highest BCUT2D eigenvalue weighted by molar-refractivity contribution is 6.33. The van der Waals surface area contributed by atoms with Gasteiger partial charge in [-0.1, -0.05) is 48.0 Å². The lowest BCUT2D eigenvalue weighted by Crippen LogP contribution is -2.30. The Morgan fingerprint density at radius 2 is 1.65 bits per heavy atom. The zero-order valence-electron chi connectivity index (χ0n) is 18.5. The van der Waals surface area contributed by atoms with Crippen molar-refractivity contribution in [2.75, 3.05) is 13.1 Å². The minimum Gasteiger partial charge on any atom is -0.342 e. The molecule has 1 amide bonds. The van der Waals surface area contributed by atoms with Crippen LogP contribution in [0.1, 0.15) is 19.3 Å². The first kappa shape index (κ1) is 21.2. The molecule has 172 valence electrons. The van der Waals surface area contributed by atoms with Crippen molar-refractivity contribution in [2.24, 2.45) is 11.8 Å². The Kier molecular flexibility index (Phi) is 5.29. The Bertz CT molecular complexity index is 1360. The molecule has 34 heavy (non-hydrogen) atoms. The van der Waals surface area contributed by atoms with Crippen LogP contribution in [0.5, 0.6) is 0 Å². The molecular formula is C26H23ClFN5O. The summed E-state index contributed by atoms with van der Waals surface area (Å²) in [6, 6.07) is 14.5. The van der Waals surface area contributed by atoms with E-state index < -0.39 is 0 Å². The number of hydrogen-bond donors (Lipinski definition) is 0. The third-order valence-electron chi connectivity index (χ3n) is 6.77. The summed E-state index contributed by atoms with van der Waals surface area (Å²) in [6.45, 7) is 2.27. The second kappa shape index (κ2) is 8.47. The summed E-state index contributed by atoms with van der Waals surface area (Å²) in [4.78, 5) is 27.9. The summed E-state index contributed by atoms with van der Waals surface area (Å²) < 4.78 is 15.4. The molecule has 0 spiro atoms. The van der Waals surface area contributed by atoms with Crippen molar-refractivity contribution in [3.63, 3.8) is 0 Å². The van der Waals surface area contributed by atoms with Gasteiger partial charge in [0.2, 0.25) is 5.91 Å². The smallest absolute Gasteiger partial charge is 0.225 e. The number of nitrogens with zero attached hydrogens (tertiary/aromatic N) is 5. The van der Waals surface area contributed by atoms with E-state index in [4.69, 9.17) is 16.6 Å². The van der Waals surface area contributed by atoms with Crippen molar-refractivity contribution in [2.45, 2.75) is 25.8 Å². The molecule has 0 unspecified atom stereocenters. The van der Waals surface area contributed by atoms with E-state index in [-0.39, 0.29) is 11.7 Å². The molecule has 2 aromatic heterocycles. The molecule has 0 bridgehead atoms. The van der Waals surface area contributed by atoms with E-state index in [9.17, 15) is 9.18 Å². The van der Waals surface area contributed by atoms with Crippen molar-refractivity contribution >= 4 is 28.7 Å². The highest BCUT2D eigenvalue weighted by atomic mass is 35.5. The highest BCUT2D eigenvalue weighted by Gasteiger charge is 2.37. The SMILES string of the molecule is O=C(C1CC1)N1CC[C@H](Cn2c(-c3ccc(-c4ccc(F)cc4)cc3)nc3c(Cl)ncnc32)C1. The van der Waals surface area contributed by atoms with Crippen molar-refractivity contribution in [3.8, 4) is 22.5 Å². The molecule has 6 nitrogen and oxygen atoms in total. The van der Waals surface area contributed by atoms with E-state index in [0.717, 1.165) is 54.9 Å². The molecule has 3 heterocycles. The van der Waals surface area contributed by atoms with E-state index in [1.165, 1.54) is 18.5 Å². The molecule has 8 heteroatoms. The summed E-state index contributed by atoms with van der Waals surface area (Å²) in [7, 11) is 0. The van der Waals surface area contributed by atoms with Gasteiger partial charge in [-0.2, -0.15) is 0 Å². The normalized spacial score (nSPS) is 18.1. The standard InChI is InChI=1S/C26H23ClFN5O/c27-23-22-25(30-15-29-23)33(14-16-11-12-32(13-16)26(34)20-5-6-20)24(31-22)19-3-1-17(2-4-19)18-7-9-21(28)10-8-18/h1-4,7-10,15-16,20H,5-6,11-14H2/t16-/m0/s1. The molecule has 1 aliphatic heterocycles. The van der Waals surface area contributed by atoms with Gasteiger partial charge in [-0.05, 0) is 48.4 Å². The van der Waals surface area contributed by atoms with Gasteiger partial charge in [0.15, 0.2) is 10.8 Å². The molecule has 2 aliphatic rings. The Morgan fingerprint density at radius 1 is 0.971 bits per heavy atom. The molecule has 1 atom stereocenters. The van der Waals surface area contributed by atoms with E-state index >= 15 is 0 Å². The number of hydrogen-bond acceptors (Lipinski definition) is 4. The Balaban J connectivity index is 1.32. The van der Waals surface area contributed by atoms with E-state index in [1.54, 1.807) is 12.1 Å². The van der Waals surface area contributed by atoms with Gasteiger partial charge in [-0.15, -0.1) is 0 Å². The lowest BCUT2D eigenvalue weighted by atomic mass is 10.0. The van der Waals surface area contributed by atoms with Gasteiger partial charge in [-0.3, -0.25) is 4.79 Å². The predicted octanol–water partition coefficient (Wildman–Crippen LogP) is 5.21. The van der Waals surface area contributed by atoms with Crippen molar-refractivity contribution in [3.05, 3.63) is 65.8 Å². The third kappa shape index (κ3) is 3.94. The van der Waals surface area contributed by atoms with Crippen LogP contribution in [0.4, 0.5) is 4.39 Å². The average Bonchev–Trinajstić information content (AvgIpc) is 3.49. The third-order valence-corrected chi connectivity index (χ3v) is 7.05. The number of halogens is 2. The van der Waals surface area contributed by atoms with Crippen molar-refractivity contribution in [1.82, 2.24) is 24.4 Å². The summed E-state index contributed by atoms with van der Waals surface area (Å²) in [5.41, 5.74) is 4.15. The van der Waals surface area contributed by atoms with Gasteiger partial charge < -0.3 is 9.47 Å². The quantitative estimate of drug-likeness (QED) is 0.372.